The summed E-state index contributed by atoms with van der Waals surface area (Å²) in [6.07, 6.45) is 9.63. The van der Waals surface area contributed by atoms with Gasteiger partial charge in [-0.15, -0.1) is 0 Å². The van der Waals surface area contributed by atoms with Crippen LogP contribution >= 0.6 is 15.9 Å². The van der Waals surface area contributed by atoms with Crippen molar-refractivity contribution < 1.29 is 9.47 Å². The van der Waals surface area contributed by atoms with Gasteiger partial charge in [0.2, 0.25) is 0 Å². The fraction of sp³-hybridized carbons (Fsp3) is 0.647. The molecule has 1 aromatic rings. The van der Waals surface area contributed by atoms with Crippen molar-refractivity contribution in [3.8, 4) is 11.5 Å². The zero-order valence-electron chi connectivity index (χ0n) is 12.7. The van der Waals surface area contributed by atoms with E-state index in [4.69, 9.17) is 15.2 Å². The van der Waals surface area contributed by atoms with Gasteiger partial charge >= 0.3 is 0 Å². The first-order valence-electron chi connectivity index (χ1n) is 7.96. The number of hydrogen-bond acceptors (Lipinski definition) is 3. The Labute approximate surface area is 135 Å². The van der Waals surface area contributed by atoms with E-state index in [0.717, 1.165) is 41.7 Å². The minimum Gasteiger partial charge on any atom is -0.492 e. The molecule has 0 heterocycles. The Bertz CT molecular complexity index is 506. The first-order valence-corrected chi connectivity index (χ1v) is 8.75. The summed E-state index contributed by atoms with van der Waals surface area (Å²) in [5, 5.41) is 0. The number of hydrogen-bond donors (Lipinski definition) is 1. The van der Waals surface area contributed by atoms with Crippen LogP contribution in [0.5, 0.6) is 11.5 Å². The second kappa shape index (κ2) is 6.17. The molecule has 116 valence electrons. The largest absolute Gasteiger partial charge is 0.492 e. The number of ether oxygens (including phenoxy) is 2. The molecule has 1 aromatic carbocycles. The van der Waals surface area contributed by atoms with E-state index in [1.807, 2.05) is 0 Å². The molecule has 2 saturated carbocycles. The van der Waals surface area contributed by atoms with Crippen molar-refractivity contribution in [2.45, 2.75) is 63.0 Å². The average molecular weight is 354 g/mol. The quantitative estimate of drug-likeness (QED) is 0.865. The lowest BCUT2D eigenvalue weighted by molar-refractivity contribution is 0.200. The van der Waals surface area contributed by atoms with Crippen LogP contribution in [0.3, 0.4) is 0 Å². The zero-order chi connectivity index (χ0) is 14.9. The van der Waals surface area contributed by atoms with E-state index in [0.29, 0.717) is 6.10 Å². The van der Waals surface area contributed by atoms with E-state index < -0.39 is 0 Å². The van der Waals surface area contributed by atoms with Crippen LogP contribution in [0.1, 0.15) is 56.9 Å². The van der Waals surface area contributed by atoms with Crippen LogP contribution in [-0.2, 0) is 5.54 Å². The summed E-state index contributed by atoms with van der Waals surface area (Å²) in [6, 6.07) is 4.21. The molecule has 3 rings (SSSR count). The summed E-state index contributed by atoms with van der Waals surface area (Å²) in [7, 11) is 1.69. The number of rotatable bonds is 4. The van der Waals surface area contributed by atoms with Crippen molar-refractivity contribution in [1.29, 1.82) is 0 Å². The van der Waals surface area contributed by atoms with E-state index in [2.05, 4.69) is 28.1 Å². The van der Waals surface area contributed by atoms with Gasteiger partial charge in [0.15, 0.2) is 11.5 Å². The number of benzene rings is 1. The van der Waals surface area contributed by atoms with Crippen LogP contribution in [0.15, 0.2) is 16.6 Å². The van der Waals surface area contributed by atoms with Crippen molar-refractivity contribution in [2.75, 3.05) is 7.11 Å². The molecular formula is C17H24BrNO2. The molecule has 0 aromatic heterocycles. The molecule has 2 aliphatic carbocycles. The van der Waals surface area contributed by atoms with Gasteiger partial charge in [-0.25, -0.2) is 0 Å². The molecule has 21 heavy (non-hydrogen) atoms. The first-order chi connectivity index (χ1) is 10.1. The van der Waals surface area contributed by atoms with Crippen molar-refractivity contribution in [3.63, 3.8) is 0 Å². The van der Waals surface area contributed by atoms with Gasteiger partial charge in [0.25, 0.3) is 0 Å². The van der Waals surface area contributed by atoms with Gasteiger partial charge in [0, 0.05) is 5.54 Å². The number of nitrogens with two attached hydrogens (primary N) is 1. The molecule has 0 radical (unpaired) electrons. The van der Waals surface area contributed by atoms with E-state index in [1.54, 1.807) is 7.11 Å². The Morgan fingerprint density at radius 3 is 2.43 bits per heavy atom. The predicted octanol–water partition coefficient (Wildman–Crippen LogP) is 4.51. The maximum absolute atomic E-state index is 6.60. The van der Waals surface area contributed by atoms with Gasteiger partial charge in [-0.1, -0.05) is 12.8 Å². The van der Waals surface area contributed by atoms with Gasteiger partial charge in [-0.2, -0.15) is 0 Å². The second-order valence-electron chi connectivity index (χ2n) is 6.38. The van der Waals surface area contributed by atoms with Crippen molar-refractivity contribution in [3.05, 3.63) is 22.2 Å². The minimum atomic E-state index is -0.206. The van der Waals surface area contributed by atoms with Crippen LogP contribution in [0.4, 0.5) is 0 Å². The summed E-state index contributed by atoms with van der Waals surface area (Å²) < 4.78 is 12.7. The Hall–Kier alpha value is -0.740. The standard InChI is InChI=1S/C17H24BrNO2/c1-20-16-14(18)10-12(17(19)8-4-5-9-17)11-15(16)21-13-6-2-3-7-13/h10-11,13H,2-9,19H2,1H3. The lowest BCUT2D eigenvalue weighted by atomic mass is 9.89. The fourth-order valence-electron chi connectivity index (χ4n) is 3.62. The molecule has 0 bridgehead atoms. The van der Waals surface area contributed by atoms with Crippen LogP contribution in [0.2, 0.25) is 0 Å². The summed E-state index contributed by atoms with van der Waals surface area (Å²) >= 11 is 3.62. The van der Waals surface area contributed by atoms with Crippen molar-refractivity contribution >= 4 is 15.9 Å². The SMILES string of the molecule is COc1c(Br)cc(C2(N)CCCC2)cc1OC1CCCC1. The van der Waals surface area contributed by atoms with Gasteiger partial charge in [0.1, 0.15) is 0 Å². The highest BCUT2D eigenvalue weighted by Crippen LogP contribution is 2.44. The maximum Gasteiger partial charge on any atom is 0.174 e. The normalized spacial score (nSPS) is 21.7. The number of methoxy groups -OCH3 is 1. The summed E-state index contributed by atoms with van der Waals surface area (Å²) in [5.74, 6) is 1.62. The molecule has 0 atom stereocenters. The fourth-order valence-corrected chi connectivity index (χ4v) is 4.23. The lowest BCUT2D eigenvalue weighted by Crippen LogP contribution is -2.33. The molecule has 2 aliphatic rings. The van der Waals surface area contributed by atoms with Crippen molar-refractivity contribution in [2.24, 2.45) is 5.73 Å². The van der Waals surface area contributed by atoms with Crippen LogP contribution in [-0.4, -0.2) is 13.2 Å². The third-order valence-corrected chi connectivity index (χ3v) is 5.47. The molecule has 2 N–H and O–H groups in total. The molecular weight excluding hydrogens is 330 g/mol. The Balaban J connectivity index is 1.93. The molecule has 0 unspecified atom stereocenters. The molecule has 0 spiro atoms. The summed E-state index contributed by atoms with van der Waals surface area (Å²) in [5.41, 5.74) is 7.56. The molecule has 0 aliphatic heterocycles. The first kappa shape index (κ1) is 15.2. The van der Waals surface area contributed by atoms with Gasteiger partial charge in [0.05, 0.1) is 17.7 Å². The van der Waals surface area contributed by atoms with Gasteiger partial charge in [-0.05, 0) is 72.2 Å². The smallest absolute Gasteiger partial charge is 0.174 e. The highest BCUT2D eigenvalue weighted by Gasteiger charge is 2.33. The molecule has 0 amide bonds. The highest BCUT2D eigenvalue weighted by molar-refractivity contribution is 9.10. The molecule has 2 fully saturated rings. The Morgan fingerprint density at radius 1 is 1.14 bits per heavy atom. The van der Waals surface area contributed by atoms with E-state index in [1.165, 1.54) is 31.2 Å². The van der Waals surface area contributed by atoms with E-state index in [-0.39, 0.29) is 5.54 Å². The van der Waals surface area contributed by atoms with Crippen LogP contribution < -0.4 is 15.2 Å². The van der Waals surface area contributed by atoms with Gasteiger partial charge < -0.3 is 15.2 Å². The Kier molecular flexibility index (Phi) is 4.46. The highest BCUT2D eigenvalue weighted by atomic mass is 79.9. The molecule has 3 nitrogen and oxygen atoms in total. The average Bonchev–Trinajstić information content (AvgIpc) is 3.11. The molecule has 0 saturated heterocycles. The topological polar surface area (TPSA) is 44.5 Å². The third kappa shape index (κ3) is 3.07. The monoisotopic (exact) mass is 353 g/mol. The Morgan fingerprint density at radius 2 is 1.81 bits per heavy atom. The predicted molar refractivity (Wildman–Crippen MR) is 87.9 cm³/mol. The lowest BCUT2D eigenvalue weighted by Gasteiger charge is -2.26. The second-order valence-corrected chi connectivity index (χ2v) is 7.23. The minimum absolute atomic E-state index is 0.206. The molecule has 4 heteroatoms. The summed E-state index contributed by atoms with van der Waals surface area (Å²) in [4.78, 5) is 0. The van der Waals surface area contributed by atoms with Crippen molar-refractivity contribution in [1.82, 2.24) is 0 Å². The van der Waals surface area contributed by atoms with Crippen LogP contribution in [0.25, 0.3) is 0 Å². The van der Waals surface area contributed by atoms with E-state index in [9.17, 15) is 0 Å². The van der Waals surface area contributed by atoms with Crippen LogP contribution in [0, 0.1) is 0 Å². The zero-order valence-corrected chi connectivity index (χ0v) is 14.2. The third-order valence-electron chi connectivity index (χ3n) is 4.88. The maximum atomic E-state index is 6.60. The van der Waals surface area contributed by atoms with E-state index >= 15 is 0 Å². The van der Waals surface area contributed by atoms with Gasteiger partial charge in [-0.3, -0.25) is 0 Å². The number of halogens is 1. The summed E-state index contributed by atoms with van der Waals surface area (Å²) in [6.45, 7) is 0.